The molecule has 2 unspecified atom stereocenters. The Balaban J connectivity index is 1.72. The second-order valence-corrected chi connectivity index (χ2v) is 6.97. The van der Waals surface area contributed by atoms with Crippen molar-refractivity contribution in [1.82, 2.24) is 9.88 Å². The molecule has 3 rings (SSSR count). The number of hydrogen-bond donors (Lipinski definition) is 0. The maximum Gasteiger partial charge on any atom is 0.236 e. The fourth-order valence-electron chi connectivity index (χ4n) is 2.72. The van der Waals surface area contributed by atoms with E-state index in [0.29, 0.717) is 6.54 Å². The Morgan fingerprint density at radius 3 is 2.70 bits per heavy atom. The standard InChI is InChI=1S/C18H20N2O2S/c1-13-17(21)20(18(23-13)15-4-3-10-19-12-15)11-9-14-5-7-16(22-2)8-6-14/h3-8,10,12-13,18H,9,11H2,1-2H3. The van der Waals surface area contributed by atoms with E-state index in [0.717, 1.165) is 17.7 Å². The third kappa shape index (κ3) is 3.50. The first kappa shape index (κ1) is 15.9. The molecule has 0 aliphatic carbocycles. The van der Waals surface area contributed by atoms with Gasteiger partial charge in [0.05, 0.1) is 12.4 Å². The van der Waals surface area contributed by atoms with E-state index in [2.05, 4.69) is 17.1 Å². The molecule has 0 N–H and O–H groups in total. The van der Waals surface area contributed by atoms with Gasteiger partial charge in [0.1, 0.15) is 11.1 Å². The molecule has 1 aliphatic rings. The van der Waals surface area contributed by atoms with Crippen LogP contribution in [0.5, 0.6) is 5.75 Å². The van der Waals surface area contributed by atoms with E-state index in [1.807, 2.05) is 42.3 Å². The van der Waals surface area contributed by atoms with Gasteiger partial charge in [0.2, 0.25) is 5.91 Å². The highest BCUT2D eigenvalue weighted by atomic mass is 32.2. The molecule has 1 saturated heterocycles. The third-order valence-corrected chi connectivity index (χ3v) is 5.41. The highest BCUT2D eigenvalue weighted by Crippen LogP contribution is 2.42. The van der Waals surface area contributed by atoms with Gasteiger partial charge in [-0.3, -0.25) is 9.78 Å². The maximum absolute atomic E-state index is 12.5. The Morgan fingerprint density at radius 2 is 2.04 bits per heavy atom. The minimum atomic E-state index is -0.00364. The topological polar surface area (TPSA) is 42.4 Å². The van der Waals surface area contributed by atoms with Crippen molar-refractivity contribution in [3.05, 3.63) is 59.9 Å². The largest absolute Gasteiger partial charge is 0.497 e. The normalized spacial score (nSPS) is 20.8. The first-order valence-corrected chi connectivity index (χ1v) is 8.62. The van der Waals surface area contributed by atoms with E-state index in [-0.39, 0.29) is 16.5 Å². The molecular weight excluding hydrogens is 308 g/mol. The van der Waals surface area contributed by atoms with Crippen LogP contribution in [0.2, 0.25) is 0 Å². The van der Waals surface area contributed by atoms with Crippen LogP contribution in [0.3, 0.4) is 0 Å². The number of thioether (sulfide) groups is 1. The number of hydrogen-bond acceptors (Lipinski definition) is 4. The lowest BCUT2D eigenvalue weighted by molar-refractivity contribution is -0.129. The number of carbonyl (C=O) groups excluding carboxylic acids is 1. The molecule has 1 fully saturated rings. The molecule has 0 radical (unpaired) electrons. The Bertz CT molecular complexity index is 660. The summed E-state index contributed by atoms with van der Waals surface area (Å²) in [7, 11) is 1.66. The number of aromatic nitrogens is 1. The summed E-state index contributed by atoms with van der Waals surface area (Å²) in [6.07, 6.45) is 4.44. The summed E-state index contributed by atoms with van der Waals surface area (Å²) < 4.78 is 5.18. The van der Waals surface area contributed by atoms with Crippen LogP contribution in [0.15, 0.2) is 48.8 Å². The molecule has 1 aromatic carbocycles. The molecule has 0 spiro atoms. The molecule has 1 aromatic heterocycles. The van der Waals surface area contributed by atoms with Crippen molar-refractivity contribution < 1.29 is 9.53 Å². The van der Waals surface area contributed by atoms with Gasteiger partial charge in [-0.25, -0.2) is 0 Å². The molecule has 120 valence electrons. The molecule has 2 atom stereocenters. The summed E-state index contributed by atoms with van der Waals surface area (Å²) in [5, 5.41) is 0.0560. The Morgan fingerprint density at radius 1 is 1.26 bits per heavy atom. The second-order valence-electron chi connectivity index (χ2n) is 5.55. The molecule has 23 heavy (non-hydrogen) atoms. The Labute approximate surface area is 140 Å². The van der Waals surface area contributed by atoms with Crippen LogP contribution in [0.4, 0.5) is 0 Å². The fourth-order valence-corrected chi connectivity index (χ4v) is 4.02. The van der Waals surface area contributed by atoms with Crippen molar-refractivity contribution in [2.75, 3.05) is 13.7 Å². The minimum absolute atomic E-state index is 0.00364. The number of methoxy groups -OCH3 is 1. The number of carbonyl (C=O) groups is 1. The predicted octanol–water partition coefficient (Wildman–Crippen LogP) is 3.30. The van der Waals surface area contributed by atoms with Crippen LogP contribution in [0.1, 0.15) is 23.4 Å². The van der Waals surface area contributed by atoms with Gasteiger partial charge in [-0.2, -0.15) is 0 Å². The zero-order chi connectivity index (χ0) is 16.2. The van der Waals surface area contributed by atoms with Crippen molar-refractivity contribution in [2.45, 2.75) is 24.0 Å². The molecule has 2 aromatic rings. The second kappa shape index (κ2) is 7.04. The molecule has 4 nitrogen and oxygen atoms in total. The summed E-state index contributed by atoms with van der Waals surface area (Å²) in [4.78, 5) is 18.6. The van der Waals surface area contributed by atoms with Crippen molar-refractivity contribution in [3.8, 4) is 5.75 Å². The van der Waals surface area contributed by atoms with Crippen LogP contribution in [-0.2, 0) is 11.2 Å². The summed E-state index contributed by atoms with van der Waals surface area (Å²) >= 11 is 1.69. The number of benzene rings is 1. The average Bonchev–Trinajstić information content (AvgIpc) is 2.89. The van der Waals surface area contributed by atoms with E-state index < -0.39 is 0 Å². The SMILES string of the molecule is COc1ccc(CCN2C(=O)C(C)SC2c2cccnc2)cc1. The zero-order valence-corrected chi connectivity index (χ0v) is 14.1. The van der Waals surface area contributed by atoms with Crippen molar-refractivity contribution >= 4 is 17.7 Å². The first-order chi connectivity index (χ1) is 11.2. The van der Waals surface area contributed by atoms with E-state index in [9.17, 15) is 4.79 Å². The Kier molecular flexibility index (Phi) is 4.86. The van der Waals surface area contributed by atoms with Crippen LogP contribution in [0, 0.1) is 0 Å². The summed E-state index contributed by atoms with van der Waals surface area (Å²) in [5.41, 5.74) is 2.29. The van der Waals surface area contributed by atoms with Gasteiger partial charge in [-0.05, 0) is 37.1 Å². The first-order valence-electron chi connectivity index (χ1n) is 7.68. The number of rotatable bonds is 5. The van der Waals surface area contributed by atoms with E-state index >= 15 is 0 Å². The van der Waals surface area contributed by atoms with Crippen LogP contribution in [0.25, 0.3) is 0 Å². The van der Waals surface area contributed by atoms with Gasteiger partial charge >= 0.3 is 0 Å². The van der Waals surface area contributed by atoms with Crippen molar-refractivity contribution in [2.24, 2.45) is 0 Å². The average molecular weight is 328 g/mol. The maximum atomic E-state index is 12.5. The minimum Gasteiger partial charge on any atom is -0.497 e. The number of pyridine rings is 1. The van der Waals surface area contributed by atoms with Gasteiger partial charge < -0.3 is 9.64 Å². The molecule has 2 heterocycles. The molecule has 0 bridgehead atoms. The molecule has 5 heteroatoms. The van der Waals surface area contributed by atoms with Crippen LogP contribution < -0.4 is 4.74 Å². The quantitative estimate of drug-likeness (QED) is 0.844. The lowest BCUT2D eigenvalue weighted by Gasteiger charge is -2.24. The van der Waals surface area contributed by atoms with Crippen LogP contribution in [-0.4, -0.2) is 34.7 Å². The molecule has 0 saturated carbocycles. The summed E-state index contributed by atoms with van der Waals surface area (Å²) in [6, 6.07) is 12.0. The monoisotopic (exact) mass is 328 g/mol. The van der Waals surface area contributed by atoms with Crippen LogP contribution >= 0.6 is 11.8 Å². The predicted molar refractivity (Wildman–Crippen MR) is 92.4 cm³/mol. The lowest BCUT2D eigenvalue weighted by Crippen LogP contribution is -2.32. The smallest absolute Gasteiger partial charge is 0.236 e. The fraction of sp³-hybridized carbons (Fsp3) is 0.333. The highest BCUT2D eigenvalue weighted by Gasteiger charge is 2.38. The summed E-state index contributed by atoms with van der Waals surface area (Å²) in [6.45, 7) is 2.69. The highest BCUT2D eigenvalue weighted by molar-refractivity contribution is 8.01. The Hall–Kier alpha value is -2.01. The van der Waals surface area contributed by atoms with E-state index in [1.54, 1.807) is 25.1 Å². The number of nitrogens with zero attached hydrogens (tertiary/aromatic N) is 2. The van der Waals surface area contributed by atoms with Gasteiger partial charge in [0.25, 0.3) is 0 Å². The van der Waals surface area contributed by atoms with Crippen molar-refractivity contribution in [1.29, 1.82) is 0 Å². The lowest BCUT2D eigenvalue weighted by atomic mass is 10.1. The molecule has 1 amide bonds. The number of ether oxygens (including phenoxy) is 1. The summed E-state index contributed by atoms with van der Waals surface area (Å²) in [5.74, 6) is 1.06. The van der Waals surface area contributed by atoms with Gasteiger partial charge in [0.15, 0.2) is 0 Å². The zero-order valence-electron chi connectivity index (χ0n) is 13.3. The van der Waals surface area contributed by atoms with E-state index in [1.165, 1.54) is 5.56 Å². The number of amides is 1. The van der Waals surface area contributed by atoms with E-state index in [4.69, 9.17) is 4.74 Å². The van der Waals surface area contributed by atoms with Gasteiger partial charge in [-0.15, -0.1) is 11.8 Å². The van der Waals surface area contributed by atoms with Crippen molar-refractivity contribution in [3.63, 3.8) is 0 Å². The van der Waals surface area contributed by atoms with Gasteiger partial charge in [-0.1, -0.05) is 18.2 Å². The van der Waals surface area contributed by atoms with Gasteiger partial charge in [0, 0.05) is 24.5 Å². The third-order valence-electron chi connectivity index (χ3n) is 4.02. The molecular formula is C18H20N2O2S. The molecule has 1 aliphatic heterocycles.